The number of rotatable bonds is 5. The minimum atomic E-state index is -3.68. The van der Waals surface area contributed by atoms with Crippen molar-refractivity contribution in [3.63, 3.8) is 0 Å². The van der Waals surface area contributed by atoms with E-state index in [0.29, 0.717) is 16.0 Å². The molecule has 0 amide bonds. The first-order valence-electron chi connectivity index (χ1n) is 6.89. The normalized spacial score (nSPS) is 17.6. The fourth-order valence-corrected chi connectivity index (χ4v) is 4.78. The Kier molecular flexibility index (Phi) is 5.38. The third-order valence-electron chi connectivity index (χ3n) is 3.84. The van der Waals surface area contributed by atoms with Gasteiger partial charge < -0.3 is 5.73 Å². The van der Waals surface area contributed by atoms with Crippen molar-refractivity contribution in [1.82, 2.24) is 4.72 Å². The van der Waals surface area contributed by atoms with Gasteiger partial charge in [-0.3, -0.25) is 0 Å². The molecule has 0 saturated heterocycles. The molecular formula is C14H18BrN3O2S. The van der Waals surface area contributed by atoms with Crippen molar-refractivity contribution in [3.8, 4) is 6.07 Å². The van der Waals surface area contributed by atoms with E-state index in [2.05, 4.69) is 20.7 Å². The van der Waals surface area contributed by atoms with Crippen LogP contribution in [0.25, 0.3) is 0 Å². The van der Waals surface area contributed by atoms with Crippen LogP contribution in [-0.4, -0.2) is 21.0 Å². The van der Waals surface area contributed by atoms with Gasteiger partial charge in [0.15, 0.2) is 0 Å². The van der Waals surface area contributed by atoms with E-state index in [1.54, 1.807) is 6.07 Å². The molecule has 0 spiro atoms. The lowest BCUT2D eigenvalue weighted by atomic mass is 9.99. The average molecular weight is 372 g/mol. The van der Waals surface area contributed by atoms with Gasteiger partial charge in [0.05, 0.1) is 16.5 Å². The summed E-state index contributed by atoms with van der Waals surface area (Å²) in [6, 6.07) is 6.15. The van der Waals surface area contributed by atoms with Gasteiger partial charge in [-0.05, 0) is 37.0 Å². The summed E-state index contributed by atoms with van der Waals surface area (Å²) in [6.07, 6.45) is 4.26. The van der Waals surface area contributed by atoms with Crippen molar-refractivity contribution < 1.29 is 8.42 Å². The predicted octanol–water partition coefficient (Wildman–Crippen LogP) is 2.12. The molecule has 0 heterocycles. The Bertz CT molecular complexity index is 649. The van der Waals surface area contributed by atoms with Gasteiger partial charge in [-0.1, -0.05) is 28.8 Å². The quantitative estimate of drug-likeness (QED) is 0.828. The summed E-state index contributed by atoms with van der Waals surface area (Å²) in [4.78, 5) is 0.0878. The van der Waals surface area contributed by atoms with Crippen LogP contribution >= 0.6 is 15.9 Å². The highest BCUT2D eigenvalue weighted by Crippen LogP contribution is 2.28. The Morgan fingerprint density at radius 1 is 1.38 bits per heavy atom. The molecule has 0 bridgehead atoms. The summed E-state index contributed by atoms with van der Waals surface area (Å²) < 4.78 is 28.2. The third-order valence-corrected chi connectivity index (χ3v) is 5.77. The Hall–Kier alpha value is -0.940. The zero-order valence-electron chi connectivity index (χ0n) is 11.5. The van der Waals surface area contributed by atoms with Crippen LogP contribution in [0.3, 0.4) is 0 Å². The average Bonchev–Trinajstić information content (AvgIpc) is 2.98. The number of halogens is 1. The van der Waals surface area contributed by atoms with Gasteiger partial charge in [0.2, 0.25) is 10.0 Å². The number of hydrogen-bond donors (Lipinski definition) is 2. The first-order valence-corrected chi connectivity index (χ1v) is 9.17. The molecule has 1 atom stereocenters. The second-order valence-electron chi connectivity index (χ2n) is 5.30. The Morgan fingerprint density at radius 3 is 2.62 bits per heavy atom. The molecule has 0 radical (unpaired) electrons. The van der Waals surface area contributed by atoms with Gasteiger partial charge in [-0.2, -0.15) is 5.26 Å². The number of benzene rings is 1. The van der Waals surface area contributed by atoms with E-state index < -0.39 is 10.0 Å². The van der Waals surface area contributed by atoms with Crippen LogP contribution in [-0.2, 0) is 10.0 Å². The molecule has 5 nitrogen and oxygen atoms in total. The number of nitrogens with one attached hydrogen (secondary N) is 1. The molecule has 1 unspecified atom stereocenters. The summed E-state index contributed by atoms with van der Waals surface area (Å²) in [5.74, 6) is 0.298. The van der Waals surface area contributed by atoms with Gasteiger partial charge >= 0.3 is 0 Å². The molecule has 1 aliphatic rings. The minimum absolute atomic E-state index is 0.0878. The molecule has 7 heteroatoms. The van der Waals surface area contributed by atoms with Crippen LogP contribution in [0.1, 0.15) is 31.2 Å². The van der Waals surface area contributed by atoms with E-state index >= 15 is 0 Å². The maximum absolute atomic E-state index is 12.5. The van der Waals surface area contributed by atoms with Gasteiger partial charge in [-0.25, -0.2) is 13.1 Å². The molecule has 3 N–H and O–H groups in total. The second-order valence-corrected chi connectivity index (χ2v) is 7.93. The van der Waals surface area contributed by atoms with E-state index in [1.807, 2.05) is 6.07 Å². The van der Waals surface area contributed by atoms with E-state index in [-0.39, 0.29) is 17.5 Å². The number of sulfonamides is 1. The monoisotopic (exact) mass is 371 g/mol. The molecule has 1 fully saturated rings. The summed E-state index contributed by atoms with van der Waals surface area (Å²) in [5, 5.41) is 8.95. The molecule has 21 heavy (non-hydrogen) atoms. The summed E-state index contributed by atoms with van der Waals surface area (Å²) >= 11 is 3.23. The molecule has 1 aromatic rings. The fourth-order valence-electron chi connectivity index (χ4n) is 2.75. The lowest BCUT2D eigenvalue weighted by Crippen LogP contribution is -2.44. The highest BCUT2D eigenvalue weighted by molar-refractivity contribution is 9.10. The van der Waals surface area contributed by atoms with Crippen LogP contribution < -0.4 is 10.5 Å². The highest BCUT2D eigenvalue weighted by atomic mass is 79.9. The molecule has 0 aliphatic heterocycles. The van der Waals surface area contributed by atoms with E-state index in [0.717, 1.165) is 25.7 Å². The first kappa shape index (κ1) is 16.4. The fraction of sp³-hybridized carbons (Fsp3) is 0.500. The number of nitrogens with zero attached hydrogens (tertiary/aromatic N) is 1. The summed E-state index contributed by atoms with van der Waals surface area (Å²) in [5.41, 5.74) is 6.04. The number of hydrogen-bond acceptors (Lipinski definition) is 4. The van der Waals surface area contributed by atoms with Crippen LogP contribution in [0.2, 0.25) is 0 Å². The highest BCUT2D eigenvalue weighted by Gasteiger charge is 2.28. The van der Waals surface area contributed by atoms with E-state index in [4.69, 9.17) is 11.0 Å². The van der Waals surface area contributed by atoms with Crippen molar-refractivity contribution in [2.75, 3.05) is 6.54 Å². The molecule has 1 aromatic carbocycles. The maximum Gasteiger partial charge on any atom is 0.240 e. The lowest BCUT2D eigenvalue weighted by molar-refractivity contribution is 0.405. The lowest BCUT2D eigenvalue weighted by Gasteiger charge is -2.23. The van der Waals surface area contributed by atoms with Crippen molar-refractivity contribution >= 4 is 26.0 Å². The van der Waals surface area contributed by atoms with Crippen LogP contribution in [0.15, 0.2) is 27.6 Å². The molecule has 2 rings (SSSR count). The Balaban J connectivity index is 2.25. The molecular weight excluding hydrogens is 354 g/mol. The van der Waals surface area contributed by atoms with Gasteiger partial charge in [0, 0.05) is 17.1 Å². The van der Waals surface area contributed by atoms with Crippen LogP contribution in [0.5, 0.6) is 0 Å². The largest absolute Gasteiger partial charge is 0.329 e. The van der Waals surface area contributed by atoms with Crippen molar-refractivity contribution in [2.24, 2.45) is 11.7 Å². The van der Waals surface area contributed by atoms with Crippen LogP contribution in [0, 0.1) is 17.2 Å². The van der Waals surface area contributed by atoms with Crippen LogP contribution in [0.4, 0.5) is 0 Å². The number of nitrogens with two attached hydrogens (primary N) is 1. The van der Waals surface area contributed by atoms with Gasteiger partial charge in [0.25, 0.3) is 0 Å². The summed E-state index contributed by atoms with van der Waals surface area (Å²) in [6.45, 7) is 0.281. The third kappa shape index (κ3) is 4.04. The smallest absolute Gasteiger partial charge is 0.240 e. The minimum Gasteiger partial charge on any atom is -0.329 e. The predicted molar refractivity (Wildman–Crippen MR) is 84.0 cm³/mol. The zero-order valence-corrected chi connectivity index (χ0v) is 14.0. The SMILES string of the molecule is N#Cc1cc(Br)cc(S(=O)(=O)NC(CN)C2CCCC2)c1. The molecule has 1 saturated carbocycles. The molecule has 0 aromatic heterocycles. The van der Waals surface area contributed by atoms with E-state index in [1.165, 1.54) is 12.1 Å². The van der Waals surface area contributed by atoms with Crippen molar-refractivity contribution in [3.05, 3.63) is 28.2 Å². The topological polar surface area (TPSA) is 96.0 Å². The number of nitriles is 1. The zero-order chi connectivity index (χ0) is 15.5. The summed E-state index contributed by atoms with van der Waals surface area (Å²) in [7, 11) is -3.68. The van der Waals surface area contributed by atoms with E-state index in [9.17, 15) is 8.42 Å². The van der Waals surface area contributed by atoms with Gasteiger partial charge in [0.1, 0.15) is 0 Å². The first-order chi connectivity index (χ1) is 9.96. The van der Waals surface area contributed by atoms with Gasteiger partial charge in [-0.15, -0.1) is 0 Å². The maximum atomic E-state index is 12.5. The molecule has 114 valence electrons. The van der Waals surface area contributed by atoms with Crippen molar-refractivity contribution in [1.29, 1.82) is 5.26 Å². The van der Waals surface area contributed by atoms with Crippen molar-refractivity contribution in [2.45, 2.75) is 36.6 Å². The second kappa shape index (κ2) is 6.88. The standard InChI is InChI=1S/C14H18BrN3O2S/c15-12-5-10(8-16)6-13(7-12)21(19,20)18-14(9-17)11-3-1-2-4-11/h5-7,11,14,18H,1-4,9,17H2. The Labute approximate surface area is 133 Å². The Morgan fingerprint density at radius 2 is 2.05 bits per heavy atom. The molecule has 1 aliphatic carbocycles.